The molecule has 1 unspecified atom stereocenters. The van der Waals surface area contributed by atoms with E-state index < -0.39 is 5.41 Å². The Morgan fingerprint density at radius 2 is 2.19 bits per heavy atom. The molecule has 0 aromatic heterocycles. The maximum Gasteiger partial charge on any atom is 0.243 e. The summed E-state index contributed by atoms with van der Waals surface area (Å²) in [4.78, 5) is 23.5. The summed E-state index contributed by atoms with van der Waals surface area (Å²) in [6.45, 7) is 1.97. The van der Waals surface area contributed by atoms with Gasteiger partial charge < -0.3 is 0 Å². The molecule has 0 bridgehead atoms. The summed E-state index contributed by atoms with van der Waals surface area (Å²) >= 11 is 0. The molecule has 2 N–H and O–H groups in total. The average Bonchev–Trinajstić information content (AvgIpc) is 2.51. The van der Waals surface area contributed by atoms with Crippen LogP contribution in [0.2, 0.25) is 0 Å². The second-order valence-electron chi connectivity index (χ2n) is 5.73. The van der Waals surface area contributed by atoms with Gasteiger partial charge in [0, 0.05) is 17.4 Å². The summed E-state index contributed by atoms with van der Waals surface area (Å²) in [7, 11) is 0. The van der Waals surface area contributed by atoms with Crippen LogP contribution >= 0.6 is 0 Å². The van der Waals surface area contributed by atoms with Crippen molar-refractivity contribution in [2.45, 2.75) is 39.0 Å². The minimum atomic E-state index is -0.451. The van der Waals surface area contributed by atoms with Gasteiger partial charge in [-0.1, -0.05) is 36.4 Å². The third kappa shape index (κ3) is 3.58. The Bertz CT molecular complexity index is 565. The molecule has 0 fully saturated rings. The van der Waals surface area contributed by atoms with Crippen LogP contribution in [0.3, 0.4) is 0 Å². The van der Waals surface area contributed by atoms with E-state index in [-0.39, 0.29) is 18.1 Å². The topological polar surface area (TPSA) is 66.4 Å². The summed E-state index contributed by atoms with van der Waals surface area (Å²) in [5, 5.41) is 8.40. The van der Waals surface area contributed by atoms with E-state index in [2.05, 4.69) is 0 Å². The van der Waals surface area contributed by atoms with Crippen LogP contribution in [0.1, 0.15) is 48.5 Å². The highest BCUT2D eigenvalue weighted by Gasteiger charge is 2.35. The number of hydrogen-bond donors (Lipinski definition) is 2. The molecule has 1 aromatic rings. The highest BCUT2D eigenvalue weighted by molar-refractivity contribution is 6.03. The molecule has 1 aliphatic rings. The molecule has 2 rings (SSSR count). The lowest BCUT2D eigenvalue weighted by Crippen LogP contribution is -2.31. The second kappa shape index (κ2) is 6.68. The van der Waals surface area contributed by atoms with Crippen molar-refractivity contribution in [1.29, 1.82) is 0 Å². The van der Waals surface area contributed by atoms with Crippen molar-refractivity contribution in [1.82, 2.24) is 5.48 Å². The zero-order valence-electron chi connectivity index (χ0n) is 12.3. The minimum Gasteiger partial charge on any atom is -0.293 e. The van der Waals surface area contributed by atoms with Crippen molar-refractivity contribution in [2.75, 3.05) is 0 Å². The first-order valence-corrected chi connectivity index (χ1v) is 7.30. The van der Waals surface area contributed by atoms with Gasteiger partial charge in [0.25, 0.3) is 0 Å². The lowest BCUT2D eigenvalue weighted by atomic mass is 9.71. The van der Waals surface area contributed by atoms with Gasteiger partial charge in [-0.05, 0) is 38.2 Å². The van der Waals surface area contributed by atoms with Gasteiger partial charge in [0.05, 0.1) is 0 Å². The van der Waals surface area contributed by atoms with E-state index in [9.17, 15) is 9.59 Å². The number of unbranched alkanes of at least 4 members (excludes halogenated alkanes) is 1. The van der Waals surface area contributed by atoms with E-state index in [4.69, 9.17) is 5.21 Å². The molecule has 1 amide bonds. The van der Waals surface area contributed by atoms with Crippen molar-refractivity contribution < 1.29 is 14.8 Å². The number of Topliss-reactive ketones (excluding diaryl/α,β-unsaturated/α-hetero) is 1. The van der Waals surface area contributed by atoms with Crippen LogP contribution in [0.15, 0.2) is 36.4 Å². The Kier molecular flexibility index (Phi) is 4.91. The Morgan fingerprint density at radius 1 is 1.43 bits per heavy atom. The number of aryl methyl sites for hydroxylation is 1. The van der Waals surface area contributed by atoms with E-state index in [1.807, 2.05) is 43.3 Å². The third-order valence-corrected chi connectivity index (χ3v) is 4.08. The van der Waals surface area contributed by atoms with Crippen molar-refractivity contribution in [3.8, 4) is 0 Å². The molecular formula is C17H21NO3. The number of allylic oxidation sites excluding steroid dienone is 2. The Hall–Kier alpha value is -1.94. The van der Waals surface area contributed by atoms with E-state index in [1.165, 1.54) is 0 Å². The van der Waals surface area contributed by atoms with Crippen LogP contribution in [0, 0.1) is 5.41 Å². The Morgan fingerprint density at radius 3 is 2.95 bits per heavy atom. The standard InChI is InChI=1S/C17H21NO3/c1-17(11-6-2-3-9-15(19)18-21)12-10-13-7-4-5-8-14(13)16(17)20/h4-8,11,21H,2-3,9-10,12H2,1H3,(H,18,19)/b11-6+. The van der Waals surface area contributed by atoms with E-state index in [1.54, 1.807) is 5.48 Å². The van der Waals surface area contributed by atoms with Crippen molar-refractivity contribution in [2.24, 2.45) is 5.41 Å². The average molecular weight is 287 g/mol. The molecule has 1 aliphatic carbocycles. The first-order chi connectivity index (χ1) is 10.1. The maximum absolute atomic E-state index is 12.6. The first kappa shape index (κ1) is 15.4. The van der Waals surface area contributed by atoms with Crippen LogP contribution in [0.5, 0.6) is 0 Å². The molecule has 112 valence electrons. The number of fused-ring (bicyclic) bond motifs is 1. The molecule has 0 aliphatic heterocycles. The lowest BCUT2D eigenvalue weighted by Gasteiger charge is -2.30. The van der Waals surface area contributed by atoms with Gasteiger partial charge in [-0.3, -0.25) is 14.8 Å². The zero-order chi connectivity index (χ0) is 15.3. The molecule has 0 spiro atoms. The molecule has 1 aromatic carbocycles. The smallest absolute Gasteiger partial charge is 0.243 e. The number of carbonyl (C=O) groups is 2. The van der Waals surface area contributed by atoms with Gasteiger partial charge in [0.2, 0.25) is 5.91 Å². The largest absolute Gasteiger partial charge is 0.293 e. The predicted molar refractivity (Wildman–Crippen MR) is 80.1 cm³/mol. The van der Waals surface area contributed by atoms with E-state index >= 15 is 0 Å². The second-order valence-corrected chi connectivity index (χ2v) is 5.73. The van der Waals surface area contributed by atoms with E-state index in [0.717, 1.165) is 30.4 Å². The number of benzene rings is 1. The monoisotopic (exact) mass is 287 g/mol. The lowest BCUT2D eigenvalue weighted by molar-refractivity contribution is -0.129. The SMILES string of the molecule is CC1(/C=C/CCCC(=O)NO)CCc2ccccc2C1=O. The van der Waals surface area contributed by atoms with Gasteiger partial charge in [-0.25, -0.2) is 5.48 Å². The maximum atomic E-state index is 12.6. The molecule has 0 saturated carbocycles. The predicted octanol–water partition coefficient (Wildman–Crippen LogP) is 3.05. The molecule has 1 atom stereocenters. The van der Waals surface area contributed by atoms with Gasteiger partial charge in [0.15, 0.2) is 5.78 Å². The number of hydrogen-bond acceptors (Lipinski definition) is 3. The molecule has 0 heterocycles. The summed E-state index contributed by atoms with van der Waals surface area (Å²) in [5.41, 5.74) is 3.12. The molecule has 4 heteroatoms. The highest BCUT2D eigenvalue weighted by atomic mass is 16.5. The summed E-state index contributed by atoms with van der Waals surface area (Å²) in [6, 6.07) is 7.79. The molecular weight excluding hydrogens is 266 g/mol. The van der Waals surface area contributed by atoms with Crippen LogP contribution in [-0.2, 0) is 11.2 Å². The van der Waals surface area contributed by atoms with Crippen LogP contribution in [0.4, 0.5) is 0 Å². The van der Waals surface area contributed by atoms with Gasteiger partial charge >= 0.3 is 0 Å². The quantitative estimate of drug-likeness (QED) is 0.378. The van der Waals surface area contributed by atoms with Crippen molar-refractivity contribution in [3.05, 3.63) is 47.5 Å². The number of hydroxylamine groups is 1. The highest BCUT2D eigenvalue weighted by Crippen LogP contribution is 2.36. The Labute approximate surface area is 124 Å². The third-order valence-electron chi connectivity index (χ3n) is 4.08. The molecule has 4 nitrogen and oxygen atoms in total. The minimum absolute atomic E-state index is 0.175. The Balaban J connectivity index is 1.97. The zero-order valence-corrected chi connectivity index (χ0v) is 12.3. The number of carbonyl (C=O) groups excluding carboxylic acids is 2. The number of rotatable bonds is 5. The van der Waals surface area contributed by atoms with Crippen LogP contribution in [-0.4, -0.2) is 16.9 Å². The molecule has 0 radical (unpaired) electrons. The summed E-state index contributed by atoms with van der Waals surface area (Å²) < 4.78 is 0. The van der Waals surface area contributed by atoms with Gasteiger partial charge in [-0.2, -0.15) is 0 Å². The van der Waals surface area contributed by atoms with Crippen LogP contribution in [0.25, 0.3) is 0 Å². The van der Waals surface area contributed by atoms with Gasteiger partial charge in [-0.15, -0.1) is 0 Å². The number of nitrogens with one attached hydrogen (secondary N) is 1. The van der Waals surface area contributed by atoms with Crippen molar-refractivity contribution in [3.63, 3.8) is 0 Å². The molecule has 21 heavy (non-hydrogen) atoms. The fourth-order valence-corrected chi connectivity index (χ4v) is 2.71. The fourth-order valence-electron chi connectivity index (χ4n) is 2.71. The van der Waals surface area contributed by atoms with E-state index in [0.29, 0.717) is 6.42 Å². The number of ketones is 1. The van der Waals surface area contributed by atoms with Gasteiger partial charge in [0.1, 0.15) is 0 Å². The normalized spacial score (nSPS) is 21.3. The summed E-state index contributed by atoms with van der Waals surface area (Å²) in [5.74, 6) is -0.203. The first-order valence-electron chi connectivity index (χ1n) is 7.30. The molecule has 0 saturated heterocycles. The number of amides is 1. The van der Waals surface area contributed by atoms with Crippen LogP contribution < -0.4 is 5.48 Å². The fraction of sp³-hybridized carbons (Fsp3) is 0.412. The van der Waals surface area contributed by atoms with Crippen molar-refractivity contribution >= 4 is 11.7 Å². The summed E-state index contributed by atoms with van der Waals surface area (Å²) in [6.07, 6.45) is 7.33.